The van der Waals surface area contributed by atoms with Gasteiger partial charge in [0.15, 0.2) is 0 Å². The molecule has 0 unspecified atom stereocenters. The highest BCUT2D eigenvalue weighted by molar-refractivity contribution is 7.89. The van der Waals surface area contributed by atoms with Crippen LogP contribution in [0.25, 0.3) is 0 Å². The van der Waals surface area contributed by atoms with Crippen LogP contribution in [0.3, 0.4) is 0 Å². The van der Waals surface area contributed by atoms with E-state index in [1.807, 2.05) is 6.92 Å². The first-order valence-corrected chi connectivity index (χ1v) is 7.26. The van der Waals surface area contributed by atoms with Crippen molar-refractivity contribution in [2.45, 2.75) is 31.3 Å². The molecule has 0 atom stereocenters. The van der Waals surface area contributed by atoms with Crippen LogP contribution in [0.4, 0.5) is 0 Å². The number of nitrogens with one attached hydrogen (secondary N) is 1. The molecule has 0 radical (unpaired) electrons. The Hall–Kier alpha value is -0.620. The molecule has 96 valence electrons. The van der Waals surface area contributed by atoms with Gasteiger partial charge < -0.3 is 5.11 Å². The van der Waals surface area contributed by atoms with Gasteiger partial charge in [-0.1, -0.05) is 24.9 Å². The van der Waals surface area contributed by atoms with Crippen LogP contribution in [0, 0.1) is 0 Å². The van der Waals surface area contributed by atoms with E-state index >= 15 is 0 Å². The average Bonchev–Trinajstić information content (AvgIpc) is 2.29. The molecule has 1 rings (SSSR count). The van der Waals surface area contributed by atoms with E-state index in [0.29, 0.717) is 17.1 Å². The SMILES string of the molecule is CCCCNS(=O)(=O)c1ccc(Cl)c(CO)c1. The first-order chi connectivity index (χ1) is 8.01. The predicted molar refractivity (Wildman–Crippen MR) is 67.5 cm³/mol. The maximum Gasteiger partial charge on any atom is 0.240 e. The van der Waals surface area contributed by atoms with E-state index in [4.69, 9.17) is 16.7 Å². The zero-order valence-electron chi connectivity index (χ0n) is 9.61. The fourth-order valence-electron chi connectivity index (χ4n) is 1.31. The smallest absolute Gasteiger partial charge is 0.240 e. The van der Waals surface area contributed by atoms with Crippen LogP contribution in [0.2, 0.25) is 5.02 Å². The van der Waals surface area contributed by atoms with Crippen molar-refractivity contribution in [3.8, 4) is 0 Å². The Labute approximate surface area is 107 Å². The number of benzene rings is 1. The lowest BCUT2D eigenvalue weighted by Gasteiger charge is -2.08. The Morgan fingerprint density at radius 2 is 2.12 bits per heavy atom. The van der Waals surface area contributed by atoms with Crippen LogP contribution in [0.5, 0.6) is 0 Å². The number of unbranched alkanes of at least 4 members (excludes halogenated alkanes) is 1. The van der Waals surface area contributed by atoms with Crippen LogP contribution in [0.15, 0.2) is 23.1 Å². The highest BCUT2D eigenvalue weighted by Crippen LogP contribution is 2.20. The second-order valence-corrected chi connectivity index (χ2v) is 5.84. The topological polar surface area (TPSA) is 66.4 Å². The second-order valence-electron chi connectivity index (χ2n) is 3.66. The Morgan fingerprint density at radius 1 is 1.41 bits per heavy atom. The summed E-state index contributed by atoms with van der Waals surface area (Å²) in [6.07, 6.45) is 1.71. The van der Waals surface area contributed by atoms with E-state index in [2.05, 4.69) is 4.72 Å². The van der Waals surface area contributed by atoms with Crippen molar-refractivity contribution in [1.82, 2.24) is 4.72 Å². The van der Waals surface area contributed by atoms with Crippen molar-refractivity contribution >= 4 is 21.6 Å². The summed E-state index contributed by atoms with van der Waals surface area (Å²) in [6, 6.07) is 4.29. The third kappa shape index (κ3) is 3.96. The van der Waals surface area contributed by atoms with Gasteiger partial charge in [-0.05, 0) is 30.2 Å². The van der Waals surface area contributed by atoms with Gasteiger partial charge in [0.05, 0.1) is 11.5 Å². The summed E-state index contributed by atoms with van der Waals surface area (Å²) < 4.78 is 26.2. The van der Waals surface area contributed by atoms with Crippen molar-refractivity contribution in [3.63, 3.8) is 0 Å². The highest BCUT2D eigenvalue weighted by Gasteiger charge is 2.14. The molecule has 0 aliphatic carbocycles. The zero-order valence-corrected chi connectivity index (χ0v) is 11.2. The summed E-state index contributed by atoms with van der Waals surface area (Å²) in [4.78, 5) is 0.127. The first kappa shape index (κ1) is 14.4. The number of hydrogen-bond donors (Lipinski definition) is 2. The lowest BCUT2D eigenvalue weighted by Crippen LogP contribution is -2.24. The zero-order chi connectivity index (χ0) is 12.9. The van der Waals surface area contributed by atoms with Crippen molar-refractivity contribution in [2.24, 2.45) is 0 Å². The molecule has 0 saturated carbocycles. The lowest BCUT2D eigenvalue weighted by atomic mass is 10.2. The van der Waals surface area contributed by atoms with Crippen LogP contribution in [0.1, 0.15) is 25.3 Å². The monoisotopic (exact) mass is 277 g/mol. The molecule has 0 bridgehead atoms. The Morgan fingerprint density at radius 3 is 2.71 bits per heavy atom. The van der Waals surface area contributed by atoms with Gasteiger partial charge >= 0.3 is 0 Å². The van der Waals surface area contributed by atoms with Gasteiger partial charge in [-0.15, -0.1) is 0 Å². The van der Waals surface area contributed by atoms with Crippen LogP contribution in [-0.2, 0) is 16.6 Å². The van der Waals surface area contributed by atoms with E-state index in [1.165, 1.54) is 18.2 Å². The summed E-state index contributed by atoms with van der Waals surface area (Å²) in [5.41, 5.74) is 0.407. The fraction of sp³-hybridized carbons (Fsp3) is 0.455. The predicted octanol–water partition coefficient (Wildman–Crippen LogP) is 1.91. The summed E-state index contributed by atoms with van der Waals surface area (Å²) >= 11 is 5.80. The molecule has 0 spiro atoms. The third-order valence-corrected chi connectivity index (χ3v) is 4.15. The fourth-order valence-corrected chi connectivity index (χ4v) is 2.61. The molecule has 0 fully saturated rings. The van der Waals surface area contributed by atoms with Gasteiger partial charge in [-0.2, -0.15) is 0 Å². The highest BCUT2D eigenvalue weighted by atomic mass is 35.5. The van der Waals surface area contributed by atoms with Gasteiger partial charge in [-0.25, -0.2) is 13.1 Å². The van der Waals surface area contributed by atoms with Gasteiger partial charge in [0.25, 0.3) is 0 Å². The molecular formula is C11H16ClNO3S. The largest absolute Gasteiger partial charge is 0.392 e. The van der Waals surface area contributed by atoms with Crippen molar-refractivity contribution in [3.05, 3.63) is 28.8 Å². The molecule has 4 nitrogen and oxygen atoms in total. The van der Waals surface area contributed by atoms with E-state index in [9.17, 15) is 8.42 Å². The average molecular weight is 278 g/mol. The molecule has 0 amide bonds. The van der Waals surface area contributed by atoms with E-state index in [-0.39, 0.29) is 11.5 Å². The molecule has 0 aliphatic rings. The van der Waals surface area contributed by atoms with Crippen LogP contribution >= 0.6 is 11.6 Å². The number of hydrogen-bond acceptors (Lipinski definition) is 3. The van der Waals surface area contributed by atoms with Crippen molar-refractivity contribution < 1.29 is 13.5 Å². The molecule has 0 heterocycles. The Kier molecular flexibility index (Phi) is 5.39. The molecule has 17 heavy (non-hydrogen) atoms. The Balaban J connectivity index is 2.91. The summed E-state index contributed by atoms with van der Waals surface area (Å²) in [5.74, 6) is 0. The molecule has 1 aromatic rings. The number of halogens is 1. The summed E-state index contributed by atoms with van der Waals surface area (Å²) in [6.45, 7) is 2.12. The molecule has 0 aliphatic heterocycles. The normalized spacial score (nSPS) is 11.7. The molecule has 2 N–H and O–H groups in total. The lowest BCUT2D eigenvalue weighted by molar-refractivity contribution is 0.281. The van der Waals surface area contributed by atoms with Gasteiger partial charge in [0.1, 0.15) is 0 Å². The van der Waals surface area contributed by atoms with Gasteiger partial charge in [0.2, 0.25) is 10.0 Å². The number of aliphatic hydroxyl groups excluding tert-OH is 1. The molecule has 6 heteroatoms. The number of rotatable bonds is 6. The van der Waals surface area contributed by atoms with E-state index in [0.717, 1.165) is 12.8 Å². The third-order valence-electron chi connectivity index (χ3n) is 2.32. The maximum absolute atomic E-state index is 11.9. The minimum atomic E-state index is -3.50. The van der Waals surface area contributed by atoms with Crippen LogP contribution < -0.4 is 4.72 Å². The van der Waals surface area contributed by atoms with Gasteiger partial charge in [0, 0.05) is 11.6 Å². The maximum atomic E-state index is 11.9. The van der Waals surface area contributed by atoms with Crippen molar-refractivity contribution in [2.75, 3.05) is 6.54 Å². The van der Waals surface area contributed by atoms with E-state index in [1.54, 1.807) is 0 Å². The van der Waals surface area contributed by atoms with E-state index < -0.39 is 10.0 Å². The number of aliphatic hydroxyl groups is 1. The summed E-state index contributed by atoms with van der Waals surface area (Å²) in [7, 11) is -3.50. The molecule has 0 saturated heterocycles. The van der Waals surface area contributed by atoms with Gasteiger partial charge in [-0.3, -0.25) is 0 Å². The standard InChI is InChI=1S/C11H16ClNO3S/c1-2-3-6-13-17(15,16)10-4-5-11(12)9(7-10)8-14/h4-5,7,13-14H,2-3,6,8H2,1H3. The molecule has 1 aromatic carbocycles. The number of sulfonamides is 1. The van der Waals surface area contributed by atoms with Crippen molar-refractivity contribution in [1.29, 1.82) is 0 Å². The minimum Gasteiger partial charge on any atom is -0.392 e. The minimum absolute atomic E-state index is 0.127. The molecular weight excluding hydrogens is 262 g/mol. The molecule has 0 aromatic heterocycles. The second kappa shape index (κ2) is 6.35. The first-order valence-electron chi connectivity index (χ1n) is 5.40. The summed E-state index contributed by atoms with van der Waals surface area (Å²) in [5, 5.41) is 9.38. The van der Waals surface area contributed by atoms with Crippen LogP contribution in [-0.4, -0.2) is 20.1 Å². The Bertz CT molecular complexity index is 474. The quantitative estimate of drug-likeness (QED) is 0.781.